The molecule has 6 heteroatoms. The molecule has 0 bridgehead atoms. The summed E-state index contributed by atoms with van der Waals surface area (Å²) in [6.07, 6.45) is -0.0347. The molecule has 1 amide bonds. The Morgan fingerprint density at radius 1 is 1.08 bits per heavy atom. The van der Waals surface area contributed by atoms with Gasteiger partial charge in [-0.3, -0.25) is 4.79 Å². The first kappa shape index (κ1) is 20.3. The van der Waals surface area contributed by atoms with E-state index < -0.39 is 18.0 Å². The standard InChI is InChI=1S/C20H21Cl2NO3/c1-4-12(2)14-8-5-6-11-17(14)23-19(24)13(3)26-20(25)15-9-7-10-16(21)18(15)22/h5-13H,4H2,1-3H3,(H,23,24)/t12-,13-/m1/s1. The summed E-state index contributed by atoms with van der Waals surface area (Å²) in [6.45, 7) is 5.69. The Morgan fingerprint density at radius 2 is 1.77 bits per heavy atom. The Bertz CT molecular complexity index is 807. The van der Waals surface area contributed by atoms with Crippen molar-refractivity contribution in [3.8, 4) is 0 Å². The summed E-state index contributed by atoms with van der Waals surface area (Å²) in [4.78, 5) is 24.7. The van der Waals surface area contributed by atoms with Crippen LogP contribution in [0.2, 0.25) is 10.0 Å². The average molecular weight is 394 g/mol. The molecule has 0 aliphatic heterocycles. The summed E-state index contributed by atoms with van der Waals surface area (Å²) in [7, 11) is 0. The number of hydrogen-bond acceptors (Lipinski definition) is 3. The number of nitrogens with one attached hydrogen (secondary N) is 1. The summed E-state index contributed by atoms with van der Waals surface area (Å²) in [5, 5.41) is 3.19. The van der Waals surface area contributed by atoms with E-state index >= 15 is 0 Å². The van der Waals surface area contributed by atoms with E-state index in [1.807, 2.05) is 24.3 Å². The number of amides is 1. The zero-order chi connectivity index (χ0) is 19.3. The van der Waals surface area contributed by atoms with Gasteiger partial charge in [-0.05, 0) is 43.0 Å². The number of para-hydroxylation sites is 1. The highest BCUT2D eigenvalue weighted by molar-refractivity contribution is 6.43. The van der Waals surface area contributed by atoms with Crippen LogP contribution in [0.4, 0.5) is 5.69 Å². The van der Waals surface area contributed by atoms with E-state index in [1.165, 1.54) is 13.0 Å². The highest BCUT2D eigenvalue weighted by Gasteiger charge is 2.22. The first-order chi connectivity index (χ1) is 12.3. The van der Waals surface area contributed by atoms with E-state index in [0.29, 0.717) is 5.92 Å². The zero-order valence-corrected chi connectivity index (χ0v) is 16.4. The molecule has 2 aromatic rings. The molecule has 2 atom stereocenters. The summed E-state index contributed by atoms with van der Waals surface area (Å²) < 4.78 is 5.24. The van der Waals surface area contributed by atoms with E-state index in [-0.39, 0.29) is 15.6 Å². The lowest BCUT2D eigenvalue weighted by molar-refractivity contribution is -0.123. The van der Waals surface area contributed by atoms with Crippen molar-refractivity contribution in [3.63, 3.8) is 0 Å². The zero-order valence-electron chi connectivity index (χ0n) is 14.9. The Balaban J connectivity index is 2.09. The molecule has 0 saturated carbocycles. The van der Waals surface area contributed by atoms with Crippen molar-refractivity contribution in [2.75, 3.05) is 5.32 Å². The molecule has 1 N–H and O–H groups in total. The fourth-order valence-corrected chi connectivity index (χ4v) is 2.81. The number of carbonyl (C=O) groups excluding carboxylic acids is 2. The highest BCUT2D eigenvalue weighted by Crippen LogP contribution is 2.28. The van der Waals surface area contributed by atoms with Gasteiger partial charge < -0.3 is 10.1 Å². The van der Waals surface area contributed by atoms with Gasteiger partial charge in [0.2, 0.25) is 0 Å². The lowest BCUT2D eigenvalue weighted by atomic mass is 9.97. The molecule has 0 aliphatic carbocycles. The number of rotatable bonds is 6. The Morgan fingerprint density at radius 3 is 2.46 bits per heavy atom. The maximum atomic E-state index is 12.4. The second kappa shape index (κ2) is 9.06. The van der Waals surface area contributed by atoms with Crippen LogP contribution in [0.15, 0.2) is 42.5 Å². The van der Waals surface area contributed by atoms with Gasteiger partial charge in [0.25, 0.3) is 5.91 Å². The smallest absolute Gasteiger partial charge is 0.340 e. The molecule has 26 heavy (non-hydrogen) atoms. The molecule has 138 valence electrons. The number of hydrogen-bond donors (Lipinski definition) is 1. The van der Waals surface area contributed by atoms with Crippen LogP contribution in [0, 0.1) is 0 Å². The van der Waals surface area contributed by atoms with Crippen LogP contribution >= 0.6 is 23.2 Å². The maximum Gasteiger partial charge on any atom is 0.340 e. The predicted octanol–water partition coefficient (Wildman–Crippen LogP) is 5.69. The molecule has 0 radical (unpaired) electrons. The summed E-state index contributed by atoms with van der Waals surface area (Å²) in [5.41, 5.74) is 1.88. The Kier molecular flexibility index (Phi) is 7.06. The second-order valence-electron chi connectivity index (χ2n) is 6.03. The number of benzene rings is 2. The van der Waals surface area contributed by atoms with Crippen LogP contribution in [0.25, 0.3) is 0 Å². The molecule has 4 nitrogen and oxygen atoms in total. The van der Waals surface area contributed by atoms with Crippen molar-refractivity contribution in [2.45, 2.75) is 39.2 Å². The summed E-state index contributed by atoms with van der Waals surface area (Å²) in [5.74, 6) is -0.808. The fourth-order valence-electron chi connectivity index (χ4n) is 2.43. The lowest BCUT2D eigenvalue weighted by Gasteiger charge is -2.18. The maximum absolute atomic E-state index is 12.4. The minimum atomic E-state index is -0.984. The van der Waals surface area contributed by atoms with Gasteiger partial charge in [-0.1, -0.05) is 61.3 Å². The van der Waals surface area contributed by atoms with Gasteiger partial charge in [0.05, 0.1) is 15.6 Å². The molecule has 0 spiro atoms. The lowest BCUT2D eigenvalue weighted by Crippen LogP contribution is -2.30. The van der Waals surface area contributed by atoms with Crippen molar-refractivity contribution in [2.24, 2.45) is 0 Å². The largest absolute Gasteiger partial charge is 0.449 e. The van der Waals surface area contributed by atoms with Gasteiger partial charge in [-0.15, -0.1) is 0 Å². The average Bonchev–Trinajstić information content (AvgIpc) is 2.63. The molecule has 2 aromatic carbocycles. The van der Waals surface area contributed by atoms with Crippen LogP contribution in [-0.2, 0) is 9.53 Å². The van der Waals surface area contributed by atoms with Crippen LogP contribution in [0.3, 0.4) is 0 Å². The molecule has 0 fully saturated rings. The van der Waals surface area contributed by atoms with E-state index in [2.05, 4.69) is 19.2 Å². The topological polar surface area (TPSA) is 55.4 Å². The van der Waals surface area contributed by atoms with Gasteiger partial charge in [0, 0.05) is 5.69 Å². The highest BCUT2D eigenvalue weighted by atomic mass is 35.5. The first-order valence-electron chi connectivity index (χ1n) is 8.39. The normalized spacial score (nSPS) is 13.0. The molecule has 0 aromatic heterocycles. The Labute approximate surface area is 163 Å². The molecule has 0 unspecified atom stereocenters. The van der Waals surface area contributed by atoms with Gasteiger partial charge in [0.1, 0.15) is 0 Å². The molecule has 0 aliphatic rings. The van der Waals surface area contributed by atoms with E-state index in [1.54, 1.807) is 12.1 Å². The third kappa shape index (κ3) is 4.77. The summed E-state index contributed by atoms with van der Waals surface area (Å²) in [6, 6.07) is 12.3. The fraction of sp³-hybridized carbons (Fsp3) is 0.300. The molecular formula is C20H21Cl2NO3. The number of anilines is 1. The number of esters is 1. The Hall–Kier alpha value is -2.04. The van der Waals surface area contributed by atoms with Gasteiger partial charge in [0.15, 0.2) is 6.10 Å². The quantitative estimate of drug-likeness (QED) is 0.641. The molecule has 2 rings (SSSR count). The van der Waals surface area contributed by atoms with Gasteiger partial charge >= 0.3 is 5.97 Å². The minimum absolute atomic E-state index is 0.105. The minimum Gasteiger partial charge on any atom is -0.449 e. The van der Waals surface area contributed by atoms with Gasteiger partial charge in [-0.2, -0.15) is 0 Å². The molecular weight excluding hydrogens is 373 g/mol. The van der Waals surface area contributed by atoms with E-state index in [0.717, 1.165) is 17.7 Å². The SMILES string of the molecule is CC[C@@H](C)c1ccccc1NC(=O)[C@@H](C)OC(=O)c1cccc(Cl)c1Cl. The van der Waals surface area contributed by atoms with Crippen molar-refractivity contribution in [3.05, 3.63) is 63.6 Å². The van der Waals surface area contributed by atoms with Crippen molar-refractivity contribution in [1.29, 1.82) is 0 Å². The molecule has 0 saturated heterocycles. The van der Waals surface area contributed by atoms with Crippen molar-refractivity contribution < 1.29 is 14.3 Å². The number of ether oxygens (including phenoxy) is 1. The van der Waals surface area contributed by atoms with Crippen LogP contribution in [-0.4, -0.2) is 18.0 Å². The summed E-state index contributed by atoms with van der Waals surface area (Å²) >= 11 is 11.9. The van der Waals surface area contributed by atoms with Crippen molar-refractivity contribution in [1.82, 2.24) is 0 Å². The van der Waals surface area contributed by atoms with Crippen LogP contribution in [0.1, 0.15) is 49.0 Å². The third-order valence-corrected chi connectivity index (χ3v) is 5.01. The second-order valence-corrected chi connectivity index (χ2v) is 6.82. The van der Waals surface area contributed by atoms with E-state index in [9.17, 15) is 9.59 Å². The van der Waals surface area contributed by atoms with E-state index in [4.69, 9.17) is 27.9 Å². The first-order valence-corrected chi connectivity index (χ1v) is 9.15. The molecule has 0 heterocycles. The van der Waals surface area contributed by atoms with Crippen molar-refractivity contribution >= 4 is 40.8 Å². The third-order valence-electron chi connectivity index (χ3n) is 4.19. The van der Waals surface area contributed by atoms with Crippen LogP contribution < -0.4 is 5.32 Å². The number of carbonyl (C=O) groups is 2. The number of halogens is 2. The van der Waals surface area contributed by atoms with Gasteiger partial charge in [-0.25, -0.2) is 4.79 Å². The van der Waals surface area contributed by atoms with Crippen LogP contribution in [0.5, 0.6) is 0 Å². The monoisotopic (exact) mass is 393 g/mol. The predicted molar refractivity (Wildman–Crippen MR) is 105 cm³/mol.